The van der Waals surface area contributed by atoms with Crippen LogP contribution in [0.1, 0.15) is 6.92 Å². The van der Waals surface area contributed by atoms with E-state index in [9.17, 15) is 9.18 Å². The molecular weight excluding hydrogens is 277 g/mol. The van der Waals surface area contributed by atoms with E-state index >= 15 is 0 Å². The summed E-state index contributed by atoms with van der Waals surface area (Å²) in [5, 5.41) is 0.378. The topological polar surface area (TPSA) is 60.5 Å². The number of ether oxygens (including phenoxy) is 3. The van der Waals surface area contributed by atoms with Crippen molar-refractivity contribution in [1.29, 1.82) is 0 Å². The smallest absolute Gasteiger partial charge is 0.491 e. The van der Waals surface area contributed by atoms with Gasteiger partial charge in [-0.1, -0.05) is 11.6 Å². The number of rotatable bonds is 3. The van der Waals surface area contributed by atoms with Gasteiger partial charge in [0.25, 0.3) is 0 Å². The zero-order valence-corrected chi connectivity index (χ0v) is 11.0. The molecule has 0 amide bonds. The van der Waals surface area contributed by atoms with Crippen LogP contribution < -0.4 is 9.47 Å². The van der Waals surface area contributed by atoms with Gasteiger partial charge in [0.1, 0.15) is 5.82 Å². The van der Waals surface area contributed by atoms with Crippen LogP contribution in [0, 0.1) is 5.82 Å². The van der Waals surface area contributed by atoms with Crippen molar-refractivity contribution in [2.75, 3.05) is 13.7 Å². The van der Waals surface area contributed by atoms with Crippen LogP contribution >= 0.6 is 11.6 Å². The number of nitrogens with one attached hydrogen (secondary N) is 1. The van der Waals surface area contributed by atoms with Crippen molar-refractivity contribution in [2.24, 2.45) is 0 Å². The number of carbonyl (C=O) groups is 1. The number of carbonyl (C=O) groups excluding carboxylic acids is 1. The first-order valence-electron chi connectivity index (χ1n) is 5.46. The van der Waals surface area contributed by atoms with Crippen LogP contribution in [0.15, 0.2) is 12.1 Å². The summed E-state index contributed by atoms with van der Waals surface area (Å²) in [5.74, 6) is -0.342. The third-order valence-electron chi connectivity index (χ3n) is 2.41. The first-order chi connectivity index (χ1) is 9.06. The Labute approximate surface area is 113 Å². The molecular formula is C12H11ClFNO4. The average molecular weight is 288 g/mol. The lowest BCUT2D eigenvalue weighted by atomic mass is 10.2. The molecule has 0 saturated carbocycles. The maximum atomic E-state index is 13.4. The van der Waals surface area contributed by atoms with Gasteiger partial charge in [0.05, 0.1) is 24.3 Å². The third kappa shape index (κ3) is 2.58. The zero-order valence-electron chi connectivity index (χ0n) is 10.3. The van der Waals surface area contributed by atoms with E-state index in [1.807, 2.05) is 0 Å². The van der Waals surface area contributed by atoms with Crippen LogP contribution in [0.25, 0.3) is 10.9 Å². The Hall–Kier alpha value is -1.95. The first-order valence-corrected chi connectivity index (χ1v) is 5.84. The highest BCUT2D eigenvalue weighted by Crippen LogP contribution is 2.37. The van der Waals surface area contributed by atoms with Gasteiger partial charge >= 0.3 is 6.16 Å². The molecule has 1 aromatic carbocycles. The predicted octanol–water partition coefficient (Wildman–Crippen LogP) is 3.50. The highest BCUT2D eigenvalue weighted by atomic mass is 35.5. The molecule has 5 nitrogen and oxygen atoms in total. The van der Waals surface area contributed by atoms with Gasteiger partial charge in [-0.25, -0.2) is 9.18 Å². The molecule has 1 N–H and O–H groups in total. The number of methoxy groups -OCH3 is 1. The number of hydrogen-bond donors (Lipinski definition) is 1. The minimum absolute atomic E-state index is 0.0395. The van der Waals surface area contributed by atoms with Gasteiger partial charge < -0.3 is 19.2 Å². The van der Waals surface area contributed by atoms with E-state index in [2.05, 4.69) is 9.72 Å². The Balaban J connectivity index is 2.47. The van der Waals surface area contributed by atoms with E-state index in [1.54, 1.807) is 6.92 Å². The normalized spacial score (nSPS) is 10.5. The van der Waals surface area contributed by atoms with Crippen LogP contribution in [-0.2, 0) is 4.74 Å². The lowest BCUT2D eigenvalue weighted by molar-refractivity contribution is 0.102. The van der Waals surface area contributed by atoms with Crippen LogP contribution in [-0.4, -0.2) is 24.9 Å². The molecule has 0 unspecified atom stereocenters. The van der Waals surface area contributed by atoms with E-state index in [4.69, 9.17) is 21.1 Å². The van der Waals surface area contributed by atoms with Crippen molar-refractivity contribution in [1.82, 2.24) is 4.98 Å². The second kappa shape index (κ2) is 5.36. The molecule has 2 rings (SSSR count). The first kappa shape index (κ1) is 13.5. The number of fused-ring (bicyclic) bond motifs is 1. The number of H-pyrrole nitrogens is 1. The maximum Gasteiger partial charge on any atom is 0.515 e. The molecule has 7 heteroatoms. The number of benzene rings is 1. The summed E-state index contributed by atoms with van der Waals surface area (Å²) in [6, 6.07) is 2.58. The molecule has 1 aromatic heterocycles. The molecule has 0 fully saturated rings. The average Bonchev–Trinajstić information content (AvgIpc) is 2.66. The van der Waals surface area contributed by atoms with Crippen LogP contribution in [0.5, 0.6) is 11.6 Å². The van der Waals surface area contributed by atoms with Gasteiger partial charge in [-0.05, 0) is 19.1 Å². The molecule has 0 aliphatic heterocycles. The number of aromatic amines is 1. The van der Waals surface area contributed by atoms with Crippen molar-refractivity contribution < 1.29 is 23.4 Å². The van der Waals surface area contributed by atoms with Crippen molar-refractivity contribution in [3.05, 3.63) is 23.0 Å². The molecule has 1 heterocycles. The van der Waals surface area contributed by atoms with Gasteiger partial charge in [-0.15, -0.1) is 0 Å². The van der Waals surface area contributed by atoms with Crippen LogP contribution in [0.3, 0.4) is 0 Å². The molecule has 0 spiro atoms. The second-order valence-electron chi connectivity index (χ2n) is 3.58. The summed E-state index contributed by atoms with van der Waals surface area (Å²) in [6.07, 6.45) is -0.876. The molecule has 0 radical (unpaired) electrons. The predicted molar refractivity (Wildman–Crippen MR) is 67.5 cm³/mol. The van der Waals surface area contributed by atoms with Crippen molar-refractivity contribution >= 4 is 28.7 Å². The summed E-state index contributed by atoms with van der Waals surface area (Å²) in [5.41, 5.74) is 0.488. The van der Waals surface area contributed by atoms with Crippen molar-refractivity contribution in [3.8, 4) is 11.6 Å². The van der Waals surface area contributed by atoms with Gasteiger partial charge in [-0.3, -0.25) is 0 Å². The SMILES string of the molecule is CCOC(=O)Oc1[nH]c2cc(Cl)c(F)cc2c1OC. The number of halogens is 2. The number of aromatic nitrogens is 1. The Morgan fingerprint density at radius 1 is 1.47 bits per heavy atom. The van der Waals surface area contributed by atoms with Gasteiger partial charge in [0.2, 0.25) is 5.88 Å². The molecule has 102 valence electrons. The van der Waals surface area contributed by atoms with E-state index < -0.39 is 12.0 Å². The summed E-state index contributed by atoms with van der Waals surface area (Å²) in [4.78, 5) is 14.0. The zero-order chi connectivity index (χ0) is 14.0. The van der Waals surface area contributed by atoms with Gasteiger partial charge in [-0.2, -0.15) is 0 Å². The third-order valence-corrected chi connectivity index (χ3v) is 2.70. The fourth-order valence-corrected chi connectivity index (χ4v) is 1.81. The number of hydrogen-bond acceptors (Lipinski definition) is 4. The molecule has 0 bridgehead atoms. The molecule has 0 atom stereocenters. The summed E-state index contributed by atoms with van der Waals surface area (Å²) in [6.45, 7) is 1.83. The molecule has 0 aliphatic rings. The maximum absolute atomic E-state index is 13.4. The Kier molecular flexibility index (Phi) is 3.80. The Morgan fingerprint density at radius 3 is 2.84 bits per heavy atom. The quantitative estimate of drug-likeness (QED) is 0.878. The van der Waals surface area contributed by atoms with Crippen LogP contribution in [0.4, 0.5) is 9.18 Å². The Bertz CT molecular complexity index is 626. The van der Waals surface area contributed by atoms with E-state index in [0.29, 0.717) is 10.9 Å². The molecule has 2 aromatic rings. The van der Waals surface area contributed by atoms with Crippen LogP contribution in [0.2, 0.25) is 5.02 Å². The molecule has 0 saturated heterocycles. The standard InChI is InChI=1S/C12H11ClFNO4/c1-3-18-12(16)19-11-10(17-2)6-4-8(14)7(13)5-9(6)15-11/h4-5,15H,3H2,1-2H3. The fraction of sp³-hybridized carbons (Fsp3) is 0.250. The monoisotopic (exact) mass is 287 g/mol. The van der Waals surface area contributed by atoms with E-state index in [1.165, 1.54) is 19.2 Å². The van der Waals surface area contributed by atoms with Gasteiger partial charge in [0.15, 0.2) is 5.75 Å². The van der Waals surface area contributed by atoms with Gasteiger partial charge in [0, 0.05) is 5.39 Å². The fourth-order valence-electron chi connectivity index (χ4n) is 1.64. The second-order valence-corrected chi connectivity index (χ2v) is 3.99. The summed E-state index contributed by atoms with van der Waals surface area (Å²) >= 11 is 5.68. The van der Waals surface area contributed by atoms with E-state index in [0.717, 1.165) is 0 Å². The lowest BCUT2D eigenvalue weighted by Crippen LogP contribution is -2.10. The Morgan fingerprint density at radius 2 is 2.21 bits per heavy atom. The summed E-state index contributed by atoms with van der Waals surface area (Å²) in [7, 11) is 1.38. The minimum atomic E-state index is -0.876. The molecule has 0 aliphatic carbocycles. The molecule has 19 heavy (non-hydrogen) atoms. The minimum Gasteiger partial charge on any atom is -0.491 e. The van der Waals surface area contributed by atoms with E-state index in [-0.39, 0.29) is 23.3 Å². The lowest BCUT2D eigenvalue weighted by Gasteiger charge is -2.04. The van der Waals surface area contributed by atoms with Crippen molar-refractivity contribution in [2.45, 2.75) is 6.92 Å². The summed E-state index contributed by atoms with van der Waals surface area (Å²) < 4.78 is 28.1. The largest absolute Gasteiger partial charge is 0.515 e. The van der Waals surface area contributed by atoms with Crippen molar-refractivity contribution in [3.63, 3.8) is 0 Å². The highest BCUT2D eigenvalue weighted by Gasteiger charge is 2.18. The highest BCUT2D eigenvalue weighted by molar-refractivity contribution is 6.31.